The van der Waals surface area contributed by atoms with Gasteiger partial charge in [-0.3, -0.25) is 13.9 Å². The van der Waals surface area contributed by atoms with Crippen molar-refractivity contribution in [3.8, 4) is 5.88 Å². The van der Waals surface area contributed by atoms with Crippen LogP contribution in [0.1, 0.15) is 16.7 Å². The number of hydrogen-bond donors (Lipinski definition) is 0. The summed E-state index contributed by atoms with van der Waals surface area (Å²) in [5, 5.41) is 1.44. The van der Waals surface area contributed by atoms with Gasteiger partial charge in [0.15, 0.2) is 0 Å². The molecule has 0 aliphatic carbocycles. The maximum absolute atomic E-state index is 14.8. The third kappa shape index (κ3) is 2.19. The SMILES string of the molecule is Cn1c2c(c(=O)n(C)c1=O)Cc1cc3ccccc3cc1C(F)(F)O2. The van der Waals surface area contributed by atoms with Gasteiger partial charge >= 0.3 is 11.8 Å². The predicted molar refractivity (Wildman–Crippen MR) is 88.2 cm³/mol. The van der Waals surface area contributed by atoms with E-state index in [9.17, 15) is 18.4 Å². The van der Waals surface area contributed by atoms with Gasteiger partial charge in [0.05, 0.1) is 11.1 Å². The Labute approximate surface area is 140 Å². The van der Waals surface area contributed by atoms with E-state index >= 15 is 0 Å². The molecule has 0 atom stereocenters. The van der Waals surface area contributed by atoms with Gasteiger partial charge < -0.3 is 4.74 Å². The predicted octanol–water partition coefficient (Wildman–Crippen LogP) is 2.27. The Morgan fingerprint density at radius 3 is 2.36 bits per heavy atom. The molecule has 25 heavy (non-hydrogen) atoms. The van der Waals surface area contributed by atoms with Crippen molar-refractivity contribution in [1.82, 2.24) is 9.13 Å². The molecular weight excluding hydrogens is 330 g/mol. The van der Waals surface area contributed by atoms with Gasteiger partial charge in [-0.25, -0.2) is 4.79 Å². The van der Waals surface area contributed by atoms with Gasteiger partial charge in [0.1, 0.15) is 0 Å². The number of alkyl halides is 2. The second kappa shape index (κ2) is 5.02. The Balaban J connectivity index is 2.08. The van der Waals surface area contributed by atoms with Crippen molar-refractivity contribution in [2.24, 2.45) is 14.1 Å². The largest absolute Gasteiger partial charge is 0.428 e. The van der Waals surface area contributed by atoms with E-state index in [-0.39, 0.29) is 17.5 Å². The molecule has 1 aliphatic heterocycles. The van der Waals surface area contributed by atoms with Crippen molar-refractivity contribution in [2.75, 3.05) is 0 Å². The molecule has 0 N–H and O–H groups in total. The number of rotatable bonds is 0. The van der Waals surface area contributed by atoms with Crippen LogP contribution in [0.3, 0.4) is 0 Å². The Hall–Kier alpha value is -2.96. The van der Waals surface area contributed by atoms with Crippen molar-refractivity contribution in [3.63, 3.8) is 0 Å². The first kappa shape index (κ1) is 15.6. The average molecular weight is 344 g/mol. The topological polar surface area (TPSA) is 53.2 Å². The lowest BCUT2D eigenvalue weighted by atomic mass is 9.96. The zero-order valence-electron chi connectivity index (χ0n) is 13.5. The Morgan fingerprint density at radius 2 is 1.68 bits per heavy atom. The highest BCUT2D eigenvalue weighted by Gasteiger charge is 2.42. The fraction of sp³-hybridized carbons (Fsp3) is 0.222. The van der Waals surface area contributed by atoms with E-state index in [0.29, 0.717) is 10.9 Å². The van der Waals surface area contributed by atoms with E-state index in [1.165, 1.54) is 20.2 Å². The molecule has 0 fully saturated rings. The molecule has 7 heteroatoms. The van der Waals surface area contributed by atoms with Crippen LogP contribution in [0.15, 0.2) is 46.0 Å². The zero-order chi connectivity index (χ0) is 17.9. The van der Waals surface area contributed by atoms with Crippen LogP contribution in [0.2, 0.25) is 0 Å². The molecule has 128 valence electrons. The van der Waals surface area contributed by atoms with E-state index in [4.69, 9.17) is 4.74 Å². The first-order chi connectivity index (χ1) is 11.8. The van der Waals surface area contributed by atoms with Gasteiger partial charge in [0, 0.05) is 20.5 Å². The highest BCUT2D eigenvalue weighted by atomic mass is 19.3. The minimum Gasteiger partial charge on any atom is -0.412 e. The molecule has 2 heterocycles. The van der Waals surface area contributed by atoms with Gasteiger partial charge in [0.25, 0.3) is 5.56 Å². The summed E-state index contributed by atoms with van der Waals surface area (Å²) in [7, 11) is 2.62. The van der Waals surface area contributed by atoms with E-state index in [0.717, 1.165) is 14.5 Å². The molecule has 0 radical (unpaired) electrons. The molecule has 0 bridgehead atoms. The van der Waals surface area contributed by atoms with Gasteiger partial charge in [-0.1, -0.05) is 30.3 Å². The van der Waals surface area contributed by atoms with Crippen molar-refractivity contribution in [3.05, 3.63) is 73.9 Å². The molecule has 0 saturated heterocycles. The fourth-order valence-electron chi connectivity index (χ4n) is 3.25. The van der Waals surface area contributed by atoms with Crippen LogP contribution in [-0.4, -0.2) is 9.13 Å². The molecule has 1 aromatic heterocycles. The van der Waals surface area contributed by atoms with Crippen LogP contribution in [0.25, 0.3) is 10.8 Å². The maximum Gasteiger partial charge on any atom is 0.428 e. The summed E-state index contributed by atoms with van der Waals surface area (Å²) in [6.07, 6.45) is -3.69. The molecule has 0 saturated carbocycles. The summed E-state index contributed by atoms with van der Waals surface area (Å²) in [5.74, 6) is -0.390. The maximum atomic E-state index is 14.8. The Bertz CT molecular complexity index is 1150. The van der Waals surface area contributed by atoms with E-state index in [1.54, 1.807) is 18.2 Å². The summed E-state index contributed by atoms with van der Waals surface area (Å²) in [4.78, 5) is 24.5. The van der Waals surface area contributed by atoms with Crippen LogP contribution in [-0.2, 0) is 26.6 Å². The van der Waals surface area contributed by atoms with Crippen LogP contribution in [0.4, 0.5) is 8.78 Å². The molecule has 4 rings (SSSR count). The van der Waals surface area contributed by atoms with Crippen molar-refractivity contribution < 1.29 is 13.5 Å². The number of hydrogen-bond acceptors (Lipinski definition) is 3. The summed E-state index contributed by atoms with van der Waals surface area (Å²) in [6.45, 7) is 0. The van der Waals surface area contributed by atoms with Crippen LogP contribution in [0.5, 0.6) is 5.88 Å². The minimum absolute atomic E-state index is 0.0358. The smallest absolute Gasteiger partial charge is 0.412 e. The van der Waals surface area contributed by atoms with E-state index in [1.807, 2.05) is 12.1 Å². The van der Waals surface area contributed by atoms with Gasteiger partial charge in [-0.15, -0.1) is 0 Å². The number of nitrogens with zero attached hydrogens (tertiary/aromatic N) is 2. The van der Waals surface area contributed by atoms with E-state index < -0.39 is 23.2 Å². The molecule has 5 nitrogen and oxygen atoms in total. The van der Waals surface area contributed by atoms with Crippen molar-refractivity contribution in [2.45, 2.75) is 12.5 Å². The highest BCUT2D eigenvalue weighted by molar-refractivity contribution is 5.84. The lowest BCUT2D eigenvalue weighted by Gasteiger charge is -2.20. The van der Waals surface area contributed by atoms with Gasteiger partial charge in [-0.05, 0) is 22.4 Å². The molecule has 0 spiro atoms. The summed E-state index contributed by atoms with van der Waals surface area (Å²) >= 11 is 0. The third-order valence-electron chi connectivity index (χ3n) is 4.58. The summed E-state index contributed by atoms with van der Waals surface area (Å²) in [6, 6.07) is 10.1. The van der Waals surface area contributed by atoms with Crippen LogP contribution >= 0.6 is 0 Å². The molecule has 1 aliphatic rings. The summed E-state index contributed by atoms with van der Waals surface area (Å²) in [5.41, 5.74) is -1.29. The van der Waals surface area contributed by atoms with Gasteiger partial charge in [-0.2, -0.15) is 8.78 Å². The number of aromatic nitrogens is 2. The monoisotopic (exact) mass is 344 g/mol. The number of fused-ring (bicyclic) bond motifs is 3. The zero-order valence-corrected chi connectivity index (χ0v) is 13.5. The van der Waals surface area contributed by atoms with Crippen molar-refractivity contribution >= 4 is 10.8 Å². The second-order valence-corrected chi connectivity index (χ2v) is 6.14. The standard InChI is InChI=1S/C18H14F2N2O3/c1-21-15(23)13-8-12-7-10-5-3-4-6-11(10)9-14(12)18(19,20)25-16(13)22(2)17(21)24/h3-7,9H,8H2,1-2H3. The van der Waals surface area contributed by atoms with Crippen LogP contribution in [0, 0.1) is 0 Å². The second-order valence-electron chi connectivity index (χ2n) is 6.14. The average Bonchev–Trinajstić information content (AvgIpc) is 2.70. The molecule has 3 aromatic rings. The molecule has 0 unspecified atom stereocenters. The first-order valence-corrected chi connectivity index (χ1v) is 7.67. The molecular formula is C18H14F2N2O3. The Kier molecular flexibility index (Phi) is 3.12. The third-order valence-corrected chi connectivity index (χ3v) is 4.58. The summed E-state index contributed by atoms with van der Waals surface area (Å²) < 4.78 is 36.2. The lowest BCUT2D eigenvalue weighted by molar-refractivity contribution is -0.188. The lowest BCUT2D eigenvalue weighted by Crippen LogP contribution is -2.40. The molecule has 0 amide bonds. The quantitative estimate of drug-likeness (QED) is 0.629. The number of halogens is 2. The van der Waals surface area contributed by atoms with Gasteiger partial charge in [0.2, 0.25) is 5.88 Å². The highest BCUT2D eigenvalue weighted by Crippen LogP contribution is 2.40. The van der Waals surface area contributed by atoms with Crippen molar-refractivity contribution in [1.29, 1.82) is 0 Å². The number of benzene rings is 2. The molecule has 2 aromatic carbocycles. The minimum atomic E-state index is -3.65. The first-order valence-electron chi connectivity index (χ1n) is 7.67. The van der Waals surface area contributed by atoms with E-state index in [2.05, 4.69) is 0 Å². The number of ether oxygens (including phenoxy) is 1. The fourth-order valence-corrected chi connectivity index (χ4v) is 3.25. The van der Waals surface area contributed by atoms with Crippen LogP contribution < -0.4 is 16.0 Å². The normalized spacial score (nSPS) is 15.2. The Morgan fingerprint density at radius 1 is 1.04 bits per heavy atom.